The number of benzene rings is 1. The number of amides is 1. The van der Waals surface area contributed by atoms with Gasteiger partial charge in [0.15, 0.2) is 0 Å². The first kappa shape index (κ1) is 15.3. The van der Waals surface area contributed by atoms with Crippen LogP contribution in [-0.4, -0.2) is 42.7 Å². The molecule has 0 aliphatic carbocycles. The number of rotatable bonds is 6. The van der Waals surface area contributed by atoms with E-state index in [1.54, 1.807) is 23.9 Å². The fraction of sp³-hybridized carbons (Fsp3) is 0.533. The summed E-state index contributed by atoms with van der Waals surface area (Å²) in [6, 6.07) is 6.86. The van der Waals surface area contributed by atoms with E-state index in [0.717, 1.165) is 23.7 Å². The Morgan fingerprint density at radius 2 is 2.20 bits per heavy atom. The van der Waals surface area contributed by atoms with E-state index in [-0.39, 0.29) is 11.7 Å². The zero-order valence-electron chi connectivity index (χ0n) is 11.8. The topological polar surface area (TPSA) is 32.3 Å². The Balaban J connectivity index is 1.61. The van der Waals surface area contributed by atoms with Crippen molar-refractivity contribution in [2.75, 3.05) is 25.9 Å². The van der Waals surface area contributed by atoms with E-state index in [0.29, 0.717) is 12.5 Å². The van der Waals surface area contributed by atoms with Crippen LogP contribution >= 0.6 is 11.8 Å². The van der Waals surface area contributed by atoms with Crippen LogP contribution in [0, 0.1) is 5.82 Å². The number of hydrogen-bond acceptors (Lipinski definition) is 3. The third kappa shape index (κ3) is 4.80. The maximum atomic E-state index is 12.7. The number of nitrogens with one attached hydrogen (secondary N) is 1. The molecule has 1 aliphatic heterocycles. The zero-order chi connectivity index (χ0) is 14.4. The smallest absolute Gasteiger partial charge is 0.220 e. The van der Waals surface area contributed by atoms with Crippen molar-refractivity contribution in [2.24, 2.45) is 0 Å². The minimum atomic E-state index is -0.229. The Morgan fingerprint density at radius 1 is 1.45 bits per heavy atom. The van der Waals surface area contributed by atoms with Crippen LogP contribution in [-0.2, 0) is 4.79 Å². The van der Waals surface area contributed by atoms with Crippen LogP contribution < -0.4 is 5.32 Å². The molecule has 0 saturated carbocycles. The second-order valence-corrected chi connectivity index (χ2v) is 6.30. The van der Waals surface area contributed by atoms with E-state index in [9.17, 15) is 9.18 Å². The molecule has 1 fully saturated rings. The van der Waals surface area contributed by atoms with Crippen LogP contribution in [0.2, 0.25) is 0 Å². The van der Waals surface area contributed by atoms with Gasteiger partial charge in [0.05, 0.1) is 0 Å². The summed E-state index contributed by atoms with van der Waals surface area (Å²) in [7, 11) is 2.11. The molecule has 1 aliphatic rings. The van der Waals surface area contributed by atoms with Crippen LogP contribution in [0.15, 0.2) is 29.2 Å². The molecule has 1 aromatic rings. The molecule has 20 heavy (non-hydrogen) atoms. The largest absolute Gasteiger partial charge is 0.355 e. The van der Waals surface area contributed by atoms with Crippen molar-refractivity contribution < 1.29 is 9.18 Å². The predicted octanol–water partition coefficient (Wildman–Crippen LogP) is 2.52. The number of carbonyl (C=O) groups is 1. The van der Waals surface area contributed by atoms with Crippen LogP contribution in [0.25, 0.3) is 0 Å². The van der Waals surface area contributed by atoms with Crippen LogP contribution in [0.1, 0.15) is 19.3 Å². The molecule has 5 heteroatoms. The van der Waals surface area contributed by atoms with Gasteiger partial charge >= 0.3 is 0 Å². The minimum Gasteiger partial charge on any atom is -0.355 e. The molecule has 1 heterocycles. The highest BCUT2D eigenvalue weighted by atomic mass is 32.2. The molecular formula is C15H21FN2OS. The van der Waals surface area contributed by atoms with E-state index < -0.39 is 0 Å². The van der Waals surface area contributed by atoms with Gasteiger partial charge in [0, 0.05) is 29.7 Å². The molecule has 1 N–H and O–H groups in total. The number of carbonyl (C=O) groups excluding carboxylic acids is 1. The molecule has 1 saturated heterocycles. The summed E-state index contributed by atoms with van der Waals surface area (Å²) < 4.78 is 12.7. The van der Waals surface area contributed by atoms with Crippen molar-refractivity contribution in [3.05, 3.63) is 30.1 Å². The van der Waals surface area contributed by atoms with Gasteiger partial charge in [-0.3, -0.25) is 4.79 Å². The number of likely N-dealkylation sites (tertiary alicyclic amines) is 1. The lowest BCUT2D eigenvalue weighted by Crippen LogP contribution is -2.38. The lowest BCUT2D eigenvalue weighted by Gasteiger charge is -2.19. The van der Waals surface area contributed by atoms with Crippen molar-refractivity contribution >= 4 is 17.7 Å². The summed E-state index contributed by atoms with van der Waals surface area (Å²) in [6.45, 7) is 1.87. The Morgan fingerprint density at radius 3 is 2.85 bits per heavy atom. The predicted molar refractivity (Wildman–Crippen MR) is 80.4 cm³/mol. The quantitative estimate of drug-likeness (QED) is 0.819. The Labute approximate surface area is 123 Å². The van der Waals surface area contributed by atoms with Crippen molar-refractivity contribution in [1.29, 1.82) is 0 Å². The van der Waals surface area contributed by atoms with Gasteiger partial charge in [-0.2, -0.15) is 0 Å². The van der Waals surface area contributed by atoms with E-state index in [1.807, 2.05) is 0 Å². The highest BCUT2D eigenvalue weighted by molar-refractivity contribution is 7.99. The highest BCUT2D eigenvalue weighted by Crippen LogP contribution is 2.19. The van der Waals surface area contributed by atoms with Gasteiger partial charge in [-0.05, 0) is 50.7 Å². The Kier molecular flexibility index (Phi) is 5.86. The monoisotopic (exact) mass is 296 g/mol. The first-order chi connectivity index (χ1) is 9.65. The van der Waals surface area contributed by atoms with Crippen LogP contribution in [0.3, 0.4) is 0 Å². The molecule has 0 spiro atoms. The number of thioether (sulfide) groups is 1. The number of halogens is 1. The third-order valence-corrected chi connectivity index (χ3v) is 4.63. The Bertz CT molecular complexity index is 438. The SMILES string of the molecule is CN1CCC[C@H]1CNC(=O)CCSc1ccc(F)cc1. The van der Waals surface area contributed by atoms with Gasteiger partial charge in [-0.25, -0.2) is 4.39 Å². The normalized spacial score (nSPS) is 19.2. The molecule has 1 amide bonds. The van der Waals surface area contributed by atoms with E-state index >= 15 is 0 Å². The fourth-order valence-corrected chi connectivity index (χ4v) is 3.20. The second kappa shape index (κ2) is 7.64. The van der Waals surface area contributed by atoms with Crippen molar-refractivity contribution in [3.63, 3.8) is 0 Å². The minimum absolute atomic E-state index is 0.0971. The van der Waals surface area contributed by atoms with Gasteiger partial charge in [0.1, 0.15) is 5.82 Å². The van der Waals surface area contributed by atoms with Crippen LogP contribution in [0.4, 0.5) is 4.39 Å². The third-order valence-electron chi connectivity index (χ3n) is 3.62. The molecular weight excluding hydrogens is 275 g/mol. The first-order valence-electron chi connectivity index (χ1n) is 7.00. The van der Waals surface area contributed by atoms with Gasteiger partial charge in [0.2, 0.25) is 5.91 Å². The molecule has 1 atom stereocenters. The highest BCUT2D eigenvalue weighted by Gasteiger charge is 2.20. The maximum absolute atomic E-state index is 12.7. The molecule has 110 valence electrons. The lowest BCUT2D eigenvalue weighted by molar-refractivity contribution is -0.120. The van der Waals surface area contributed by atoms with Crippen molar-refractivity contribution in [1.82, 2.24) is 10.2 Å². The molecule has 0 aromatic heterocycles. The molecule has 0 radical (unpaired) electrons. The molecule has 0 unspecified atom stereocenters. The first-order valence-corrected chi connectivity index (χ1v) is 7.99. The van der Waals surface area contributed by atoms with E-state index in [1.165, 1.54) is 25.0 Å². The number of nitrogens with zero attached hydrogens (tertiary/aromatic N) is 1. The van der Waals surface area contributed by atoms with Crippen LogP contribution in [0.5, 0.6) is 0 Å². The van der Waals surface area contributed by atoms with Gasteiger partial charge < -0.3 is 10.2 Å². The summed E-state index contributed by atoms with van der Waals surface area (Å²) in [5.74, 6) is 0.588. The summed E-state index contributed by atoms with van der Waals surface area (Å²) in [5.41, 5.74) is 0. The zero-order valence-corrected chi connectivity index (χ0v) is 12.6. The molecule has 3 nitrogen and oxygen atoms in total. The van der Waals surface area contributed by atoms with E-state index in [2.05, 4.69) is 17.3 Å². The second-order valence-electron chi connectivity index (χ2n) is 5.13. The summed E-state index contributed by atoms with van der Waals surface area (Å²) in [5, 5.41) is 3.00. The Hall–Kier alpha value is -1.07. The number of hydrogen-bond donors (Lipinski definition) is 1. The van der Waals surface area contributed by atoms with Gasteiger partial charge in [0.25, 0.3) is 0 Å². The standard InChI is InChI=1S/C15H21FN2OS/c1-18-9-2-3-13(18)11-17-15(19)8-10-20-14-6-4-12(16)5-7-14/h4-7,13H,2-3,8-11H2,1H3,(H,17,19)/t13-/m0/s1. The summed E-state index contributed by atoms with van der Waals surface area (Å²) in [4.78, 5) is 15.0. The molecule has 0 bridgehead atoms. The summed E-state index contributed by atoms with van der Waals surface area (Å²) in [6.07, 6.45) is 2.89. The van der Waals surface area contributed by atoms with E-state index in [4.69, 9.17) is 0 Å². The van der Waals surface area contributed by atoms with Gasteiger partial charge in [-0.15, -0.1) is 11.8 Å². The average Bonchev–Trinajstić information content (AvgIpc) is 2.84. The molecule has 2 rings (SSSR count). The average molecular weight is 296 g/mol. The van der Waals surface area contributed by atoms with Crippen molar-refractivity contribution in [2.45, 2.75) is 30.2 Å². The lowest BCUT2D eigenvalue weighted by atomic mass is 10.2. The van der Waals surface area contributed by atoms with Crippen molar-refractivity contribution in [3.8, 4) is 0 Å². The summed E-state index contributed by atoms with van der Waals surface area (Å²) >= 11 is 1.58. The maximum Gasteiger partial charge on any atom is 0.220 e. The fourth-order valence-electron chi connectivity index (χ4n) is 2.35. The molecule has 1 aromatic carbocycles. The van der Waals surface area contributed by atoms with Gasteiger partial charge in [-0.1, -0.05) is 0 Å². The number of likely N-dealkylation sites (N-methyl/N-ethyl adjacent to an activating group) is 1.